The third-order valence-electron chi connectivity index (χ3n) is 3.02. The normalized spacial score (nSPS) is 10.4. The number of amides is 1. The fourth-order valence-electron chi connectivity index (χ4n) is 1.91. The SMILES string of the molecule is COc1ccc(CC(=O)N(CCC(=O)O)C(C)C)cc1. The number of aliphatic carboxylic acids is 1. The van der Waals surface area contributed by atoms with Gasteiger partial charge >= 0.3 is 5.97 Å². The van der Waals surface area contributed by atoms with Crippen LogP contribution in [0.15, 0.2) is 24.3 Å². The number of nitrogens with zero attached hydrogens (tertiary/aromatic N) is 1. The second-order valence-corrected chi connectivity index (χ2v) is 4.85. The monoisotopic (exact) mass is 279 g/mol. The number of hydrogen-bond acceptors (Lipinski definition) is 3. The molecule has 5 heteroatoms. The smallest absolute Gasteiger partial charge is 0.305 e. The number of carbonyl (C=O) groups excluding carboxylic acids is 1. The van der Waals surface area contributed by atoms with Crippen molar-refractivity contribution in [2.24, 2.45) is 0 Å². The molecular weight excluding hydrogens is 258 g/mol. The Morgan fingerprint density at radius 1 is 1.25 bits per heavy atom. The minimum Gasteiger partial charge on any atom is -0.497 e. The van der Waals surface area contributed by atoms with Crippen molar-refractivity contribution in [3.05, 3.63) is 29.8 Å². The summed E-state index contributed by atoms with van der Waals surface area (Å²) in [6.45, 7) is 4.00. The molecule has 1 rings (SSSR count). The summed E-state index contributed by atoms with van der Waals surface area (Å²) in [5.41, 5.74) is 0.886. The van der Waals surface area contributed by atoms with Crippen LogP contribution in [0, 0.1) is 0 Å². The van der Waals surface area contributed by atoms with Gasteiger partial charge in [-0.25, -0.2) is 0 Å². The molecule has 1 amide bonds. The van der Waals surface area contributed by atoms with Crippen LogP contribution in [-0.2, 0) is 16.0 Å². The van der Waals surface area contributed by atoms with Crippen LogP contribution < -0.4 is 4.74 Å². The van der Waals surface area contributed by atoms with Crippen LogP contribution in [0.5, 0.6) is 5.75 Å². The Bertz CT molecular complexity index is 453. The first-order chi connectivity index (χ1) is 9.43. The number of hydrogen-bond donors (Lipinski definition) is 1. The van der Waals surface area contributed by atoms with Gasteiger partial charge in [-0.2, -0.15) is 0 Å². The minimum atomic E-state index is -0.895. The van der Waals surface area contributed by atoms with E-state index in [0.717, 1.165) is 11.3 Å². The van der Waals surface area contributed by atoms with Crippen LogP contribution in [0.25, 0.3) is 0 Å². The first-order valence-electron chi connectivity index (χ1n) is 6.58. The van der Waals surface area contributed by atoms with Gasteiger partial charge in [-0.15, -0.1) is 0 Å². The van der Waals surface area contributed by atoms with Gasteiger partial charge in [-0.3, -0.25) is 9.59 Å². The fourth-order valence-corrected chi connectivity index (χ4v) is 1.91. The summed E-state index contributed by atoms with van der Waals surface area (Å²) in [6, 6.07) is 7.28. The zero-order valence-corrected chi connectivity index (χ0v) is 12.1. The van der Waals surface area contributed by atoms with E-state index in [0.29, 0.717) is 0 Å². The van der Waals surface area contributed by atoms with Crippen molar-refractivity contribution < 1.29 is 19.4 Å². The van der Waals surface area contributed by atoms with E-state index in [1.807, 2.05) is 26.0 Å². The van der Waals surface area contributed by atoms with Crippen LogP contribution in [0.1, 0.15) is 25.8 Å². The van der Waals surface area contributed by atoms with Gasteiger partial charge in [-0.1, -0.05) is 12.1 Å². The predicted octanol–water partition coefficient (Wildman–Crippen LogP) is 1.95. The van der Waals surface area contributed by atoms with Crippen LogP contribution >= 0.6 is 0 Å². The quantitative estimate of drug-likeness (QED) is 0.828. The largest absolute Gasteiger partial charge is 0.497 e. The van der Waals surface area contributed by atoms with E-state index >= 15 is 0 Å². The van der Waals surface area contributed by atoms with Gasteiger partial charge in [-0.05, 0) is 31.5 Å². The Hall–Kier alpha value is -2.04. The first-order valence-corrected chi connectivity index (χ1v) is 6.58. The molecule has 0 aliphatic heterocycles. The van der Waals surface area contributed by atoms with Gasteiger partial charge < -0.3 is 14.7 Å². The molecule has 0 saturated heterocycles. The molecule has 0 spiro atoms. The summed E-state index contributed by atoms with van der Waals surface area (Å²) in [4.78, 5) is 24.4. The van der Waals surface area contributed by atoms with E-state index in [-0.39, 0.29) is 31.3 Å². The lowest BCUT2D eigenvalue weighted by Crippen LogP contribution is -2.39. The van der Waals surface area contributed by atoms with Gasteiger partial charge in [0.15, 0.2) is 0 Å². The van der Waals surface area contributed by atoms with E-state index in [1.165, 1.54) is 0 Å². The topological polar surface area (TPSA) is 66.8 Å². The third kappa shape index (κ3) is 4.91. The number of ether oxygens (including phenoxy) is 1. The van der Waals surface area contributed by atoms with Gasteiger partial charge in [0.2, 0.25) is 5.91 Å². The molecule has 0 aliphatic carbocycles. The Kier molecular flexibility index (Phi) is 6.03. The van der Waals surface area contributed by atoms with Crippen LogP contribution in [0.3, 0.4) is 0 Å². The maximum Gasteiger partial charge on any atom is 0.305 e. The van der Waals surface area contributed by atoms with E-state index in [2.05, 4.69) is 0 Å². The summed E-state index contributed by atoms with van der Waals surface area (Å²) in [7, 11) is 1.59. The molecule has 110 valence electrons. The molecular formula is C15H21NO4. The Morgan fingerprint density at radius 2 is 1.85 bits per heavy atom. The number of carboxylic acid groups (broad SMARTS) is 1. The van der Waals surface area contributed by atoms with Crippen molar-refractivity contribution in [2.75, 3.05) is 13.7 Å². The van der Waals surface area contributed by atoms with Gasteiger partial charge in [0.05, 0.1) is 20.0 Å². The molecule has 0 aromatic heterocycles. The Balaban J connectivity index is 2.66. The number of carboxylic acids is 1. The zero-order chi connectivity index (χ0) is 15.1. The first kappa shape index (κ1) is 16.0. The molecule has 0 aliphatic rings. The molecule has 0 unspecified atom stereocenters. The van der Waals surface area contributed by atoms with Crippen molar-refractivity contribution in [3.8, 4) is 5.75 Å². The second kappa shape index (κ2) is 7.53. The average Bonchev–Trinajstić information content (AvgIpc) is 2.39. The molecule has 0 heterocycles. The molecule has 5 nitrogen and oxygen atoms in total. The highest BCUT2D eigenvalue weighted by Gasteiger charge is 2.18. The summed E-state index contributed by atoms with van der Waals surface area (Å²) in [5.74, 6) is -0.216. The average molecular weight is 279 g/mol. The minimum absolute atomic E-state index is 0.0138. The van der Waals surface area contributed by atoms with Crippen molar-refractivity contribution in [2.45, 2.75) is 32.7 Å². The van der Waals surface area contributed by atoms with Crippen LogP contribution in [0.4, 0.5) is 0 Å². The van der Waals surface area contributed by atoms with E-state index < -0.39 is 5.97 Å². The summed E-state index contributed by atoms with van der Waals surface area (Å²) >= 11 is 0. The molecule has 0 radical (unpaired) electrons. The van der Waals surface area contributed by atoms with E-state index in [4.69, 9.17) is 9.84 Å². The Morgan fingerprint density at radius 3 is 2.30 bits per heavy atom. The molecule has 0 fully saturated rings. The highest BCUT2D eigenvalue weighted by molar-refractivity contribution is 5.79. The highest BCUT2D eigenvalue weighted by Crippen LogP contribution is 2.13. The maximum absolute atomic E-state index is 12.2. The lowest BCUT2D eigenvalue weighted by molar-refractivity contribution is -0.139. The fraction of sp³-hybridized carbons (Fsp3) is 0.467. The lowest BCUT2D eigenvalue weighted by Gasteiger charge is -2.26. The number of rotatable bonds is 7. The van der Waals surface area contributed by atoms with Crippen molar-refractivity contribution in [3.63, 3.8) is 0 Å². The number of benzene rings is 1. The molecule has 0 atom stereocenters. The van der Waals surface area contributed by atoms with Crippen LogP contribution in [0.2, 0.25) is 0 Å². The van der Waals surface area contributed by atoms with E-state index in [9.17, 15) is 9.59 Å². The molecule has 0 bridgehead atoms. The lowest BCUT2D eigenvalue weighted by atomic mass is 10.1. The maximum atomic E-state index is 12.2. The third-order valence-corrected chi connectivity index (χ3v) is 3.02. The summed E-state index contributed by atoms with van der Waals surface area (Å²) in [6.07, 6.45) is 0.230. The van der Waals surface area contributed by atoms with Crippen molar-refractivity contribution >= 4 is 11.9 Å². The van der Waals surface area contributed by atoms with Gasteiger partial charge in [0, 0.05) is 12.6 Å². The summed E-state index contributed by atoms with van der Waals surface area (Å²) < 4.78 is 5.06. The van der Waals surface area contributed by atoms with Crippen LogP contribution in [-0.4, -0.2) is 41.6 Å². The molecule has 1 N–H and O–H groups in total. The second-order valence-electron chi connectivity index (χ2n) is 4.85. The van der Waals surface area contributed by atoms with Gasteiger partial charge in [0.1, 0.15) is 5.75 Å². The predicted molar refractivity (Wildman–Crippen MR) is 75.8 cm³/mol. The molecule has 0 saturated carbocycles. The van der Waals surface area contributed by atoms with Crippen molar-refractivity contribution in [1.82, 2.24) is 4.90 Å². The highest BCUT2D eigenvalue weighted by atomic mass is 16.5. The van der Waals surface area contributed by atoms with E-state index in [1.54, 1.807) is 24.1 Å². The Labute approximate surface area is 119 Å². The van der Waals surface area contributed by atoms with Gasteiger partial charge in [0.25, 0.3) is 0 Å². The molecule has 20 heavy (non-hydrogen) atoms. The number of carbonyl (C=O) groups is 2. The number of methoxy groups -OCH3 is 1. The zero-order valence-electron chi connectivity index (χ0n) is 12.1. The summed E-state index contributed by atoms with van der Waals surface area (Å²) in [5, 5.41) is 8.72. The molecule has 1 aromatic rings. The standard InChI is InChI=1S/C15H21NO4/c1-11(2)16(9-8-15(18)19)14(17)10-12-4-6-13(20-3)7-5-12/h4-7,11H,8-10H2,1-3H3,(H,18,19). The van der Waals surface area contributed by atoms with Crippen molar-refractivity contribution in [1.29, 1.82) is 0 Å². The molecule has 1 aromatic carbocycles.